The molecule has 0 aromatic carbocycles. The van der Waals surface area contributed by atoms with E-state index in [0.29, 0.717) is 0 Å². The Labute approximate surface area is 204 Å². The van der Waals surface area contributed by atoms with E-state index in [4.69, 9.17) is 0 Å². The van der Waals surface area contributed by atoms with E-state index in [1.165, 1.54) is 168 Å². The molecule has 0 heterocycles. The van der Waals surface area contributed by atoms with Gasteiger partial charge in [0.2, 0.25) is 0 Å². The molecule has 0 unspecified atom stereocenters. The summed E-state index contributed by atoms with van der Waals surface area (Å²) in [4.78, 5) is 2.56. The molecule has 0 rings (SSSR count). The molecule has 0 aromatic heterocycles. The van der Waals surface area contributed by atoms with Gasteiger partial charge in [0.1, 0.15) is 0 Å². The van der Waals surface area contributed by atoms with Crippen LogP contribution in [-0.4, -0.2) is 51.2 Å². The van der Waals surface area contributed by atoms with Crippen molar-refractivity contribution in [3.05, 3.63) is 0 Å². The van der Waals surface area contributed by atoms with Crippen LogP contribution in [0, 0.1) is 0 Å². The van der Waals surface area contributed by atoms with Crippen molar-refractivity contribution in [2.75, 3.05) is 46.3 Å². The van der Waals surface area contributed by atoms with Crippen LogP contribution in [0.1, 0.15) is 142 Å². The van der Waals surface area contributed by atoms with Crippen LogP contribution >= 0.6 is 0 Å². The lowest BCUT2D eigenvalue weighted by Gasteiger charge is -2.16. The zero-order chi connectivity index (χ0) is 23.4. The first-order valence-electron chi connectivity index (χ1n) is 14.9. The van der Waals surface area contributed by atoms with E-state index in [-0.39, 0.29) is 0 Å². The van der Waals surface area contributed by atoms with Gasteiger partial charge in [-0.2, -0.15) is 0 Å². The third-order valence-corrected chi connectivity index (χ3v) is 6.70. The van der Waals surface area contributed by atoms with E-state index in [9.17, 15) is 0 Å². The van der Waals surface area contributed by atoms with Gasteiger partial charge in [-0.1, -0.05) is 104 Å². The Morgan fingerprint density at radius 1 is 0.375 bits per heavy atom. The van der Waals surface area contributed by atoms with E-state index in [1.807, 2.05) is 0 Å². The summed E-state index contributed by atoms with van der Waals surface area (Å²) in [7, 11) is 2.32. The third kappa shape index (κ3) is 27.9. The first-order valence-corrected chi connectivity index (χ1v) is 14.9. The molecule has 0 saturated carbocycles. The molecule has 2 N–H and O–H groups in total. The third-order valence-electron chi connectivity index (χ3n) is 6.70. The molecule has 0 aliphatic carbocycles. The molecular weight excluding hydrogens is 390 g/mol. The minimum absolute atomic E-state index is 1.23. The second-order valence-corrected chi connectivity index (χ2v) is 10.2. The Hall–Kier alpha value is -0.120. The van der Waals surface area contributed by atoms with Gasteiger partial charge < -0.3 is 15.5 Å². The minimum Gasteiger partial charge on any atom is -0.317 e. The molecule has 3 heteroatoms. The van der Waals surface area contributed by atoms with Crippen LogP contribution in [0.15, 0.2) is 0 Å². The van der Waals surface area contributed by atoms with Crippen molar-refractivity contribution in [2.24, 2.45) is 0 Å². The fraction of sp³-hybridized carbons (Fsp3) is 1.00. The number of nitrogens with one attached hydrogen (secondary N) is 2. The van der Waals surface area contributed by atoms with Crippen LogP contribution < -0.4 is 10.6 Å². The summed E-state index contributed by atoms with van der Waals surface area (Å²) in [6.07, 6.45) is 27.9. The highest BCUT2D eigenvalue weighted by atomic mass is 15.1. The number of unbranched alkanes of at least 4 members (excludes halogenated alkanes) is 16. The Bertz CT molecular complexity index is 292. The summed E-state index contributed by atoms with van der Waals surface area (Å²) in [5, 5.41) is 7.21. The Balaban J connectivity index is 3.13. The van der Waals surface area contributed by atoms with E-state index in [0.717, 1.165) is 0 Å². The highest BCUT2D eigenvalue weighted by Crippen LogP contribution is 2.08. The topological polar surface area (TPSA) is 27.3 Å². The van der Waals surface area contributed by atoms with Crippen LogP contribution in [0.3, 0.4) is 0 Å². The molecule has 0 bridgehead atoms. The average molecular weight is 454 g/mol. The normalized spacial score (nSPS) is 11.6. The number of nitrogens with zero attached hydrogens (tertiary/aromatic N) is 1. The summed E-state index contributed by atoms with van der Waals surface area (Å²) in [5.74, 6) is 0. The monoisotopic (exact) mass is 454 g/mol. The van der Waals surface area contributed by atoms with Gasteiger partial charge in [-0.05, 0) is 84.8 Å². The van der Waals surface area contributed by atoms with Crippen molar-refractivity contribution in [3.8, 4) is 0 Å². The van der Waals surface area contributed by atoms with Gasteiger partial charge in [0.25, 0.3) is 0 Å². The van der Waals surface area contributed by atoms with Gasteiger partial charge in [0, 0.05) is 0 Å². The highest BCUT2D eigenvalue weighted by molar-refractivity contribution is 4.56. The zero-order valence-corrected chi connectivity index (χ0v) is 22.8. The summed E-state index contributed by atoms with van der Waals surface area (Å²) >= 11 is 0. The molecule has 0 spiro atoms. The van der Waals surface area contributed by atoms with Crippen LogP contribution in [-0.2, 0) is 0 Å². The molecular formula is C29H63N3. The van der Waals surface area contributed by atoms with Gasteiger partial charge in [0.05, 0.1) is 0 Å². The Morgan fingerprint density at radius 2 is 0.656 bits per heavy atom. The summed E-state index contributed by atoms with van der Waals surface area (Å²) in [6, 6.07) is 0. The molecule has 0 fully saturated rings. The van der Waals surface area contributed by atoms with Crippen LogP contribution in [0.5, 0.6) is 0 Å². The molecule has 0 amide bonds. The lowest BCUT2D eigenvalue weighted by atomic mass is 10.1. The summed E-state index contributed by atoms with van der Waals surface area (Å²) in [5.41, 5.74) is 0. The maximum Gasteiger partial charge on any atom is -0.00218 e. The van der Waals surface area contributed by atoms with E-state index < -0.39 is 0 Å². The van der Waals surface area contributed by atoms with Gasteiger partial charge in [-0.25, -0.2) is 0 Å². The summed E-state index contributed by atoms with van der Waals surface area (Å²) in [6.45, 7) is 12.1. The second-order valence-electron chi connectivity index (χ2n) is 10.2. The van der Waals surface area contributed by atoms with Crippen molar-refractivity contribution < 1.29 is 0 Å². The van der Waals surface area contributed by atoms with Crippen molar-refractivity contribution in [1.29, 1.82) is 0 Å². The average Bonchev–Trinajstić information content (AvgIpc) is 2.80. The lowest BCUT2D eigenvalue weighted by molar-refractivity contribution is 0.314. The fourth-order valence-electron chi connectivity index (χ4n) is 4.39. The molecule has 0 aromatic rings. The summed E-state index contributed by atoms with van der Waals surface area (Å²) < 4.78 is 0. The Morgan fingerprint density at radius 3 is 1.00 bits per heavy atom. The quantitative estimate of drug-likeness (QED) is 0.118. The van der Waals surface area contributed by atoms with Gasteiger partial charge >= 0.3 is 0 Å². The molecule has 0 aliphatic heterocycles. The van der Waals surface area contributed by atoms with E-state index in [1.54, 1.807) is 0 Å². The van der Waals surface area contributed by atoms with Crippen LogP contribution in [0.25, 0.3) is 0 Å². The van der Waals surface area contributed by atoms with E-state index in [2.05, 4.69) is 36.4 Å². The number of rotatable bonds is 28. The molecule has 0 aliphatic rings. The van der Waals surface area contributed by atoms with Crippen LogP contribution in [0.2, 0.25) is 0 Å². The molecule has 0 saturated heterocycles. The molecule has 194 valence electrons. The smallest absolute Gasteiger partial charge is 0.00218 e. The molecule has 3 nitrogen and oxygen atoms in total. The SMILES string of the molecule is CCCCCCNCCCCCCCCN(C)CCCCCCCCNCCCCCC. The van der Waals surface area contributed by atoms with Gasteiger partial charge in [-0.3, -0.25) is 0 Å². The van der Waals surface area contributed by atoms with Crippen molar-refractivity contribution >= 4 is 0 Å². The fourth-order valence-corrected chi connectivity index (χ4v) is 4.39. The largest absolute Gasteiger partial charge is 0.317 e. The van der Waals surface area contributed by atoms with Gasteiger partial charge in [-0.15, -0.1) is 0 Å². The first-order chi connectivity index (χ1) is 15.8. The standard InChI is InChI=1S/C29H63N3/c1-4-6-8-18-24-30-26-20-14-10-12-16-22-28-32(3)29-23-17-13-11-15-21-27-31-25-19-9-7-5-2/h30-31H,4-29H2,1-3H3. The molecule has 0 radical (unpaired) electrons. The molecule has 32 heavy (non-hydrogen) atoms. The van der Waals surface area contributed by atoms with Crippen molar-refractivity contribution in [2.45, 2.75) is 142 Å². The maximum absolute atomic E-state index is 3.60. The first kappa shape index (κ1) is 31.9. The van der Waals surface area contributed by atoms with E-state index >= 15 is 0 Å². The predicted molar refractivity (Wildman–Crippen MR) is 147 cm³/mol. The van der Waals surface area contributed by atoms with Crippen LogP contribution in [0.4, 0.5) is 0 Å². The van der Waals surface area contributed by atoms with Crippen molar-refractivity contribution in [3.63, 3.8) is 0 Å². The maximum atomic E-state index is 3.60. The van der Waals surface area contributed by atoms with Gasteiger partial charge in [0.15, 0.2) is 0 Å². The molecule has 0 atom stereocenters. The minimum atomic E-state index is 1.23. The predicted octanol–water partition coefficient (Wildman–Crippen LogP) is 7.94. The lowest BCUT2D eigenvalue weighted by Crippen LogP contribution is -2.20. The highest BCUT2D eigenvalue weighted by Gasteiger charge is 1.99. The Kier molecular flexibility index (Phi) is 28.8. The number of hydrogen-bond acceptors (Lipinski definition) is 3. The zero-order valence-electron chi connectivity index (χ0n) is 22.8. The second kappa shape index (κ2) is 28.9. The number of hydrogen-bond donors (Lipinski definition) is 2. The van der Waals surface area contributed by atoms with Crippen molar-refractivity contribution in [1.82, 2.24) is 15.5 Å².